The van der Waals surface area contributed by atoms with Crippen molar-refractivity contribution in [1.82, 2.24) is 4.98 Å². The highest BCUT2D eigenvalue weighted by molar-refractivity contribution is 7.86. The Balaban J connectivity index is 1.62. The molecule has 0 bridgehead atoms. The van der Waals surface area contributed by atoms with E-state index in [4.69, 9.17) is 8.92 Å². The van der Waals surface area contributed by atoms with Crippen molar-refractivity contribution in [3.63, 3.8) is 0 Å². The summed E-state index contributed by atoms with van der Waals surface area (Å²) < 4.78 is 34.3. The topological polar surface area (TPSA) is 65.5 Å². The SMILES string of the molecule is Cc1ccc(S(=O)(=O)OCCCCCOc2nccs2)cc1. The van der Waals surface area contributed by atoms with Gasteiger partial charge in [-0.3, -0.25) is 4.18 Å². The van der Waals surface area contributed by atoms with E-state index in [0.29, 0.717) is 18.2 Å². The van der Waals surface area contributed by atoms with Crippen molar-refractivity contribution in [2.24, 2.45) is 0 Å². The second kappa shape index (κ2) is 8.26. The number of rotatable bonds is 9. The Morgan fingerprint density at radius 1 is 1.09 bits per heavy atom. The van der Waals surface area contributed by atoms with Gasteiger partial charge in [0.15, 0.2) is 0 Å². The highest BCUT2D eigenvalue weighted by Crippen LogP contribution is 2.15. The van der Waals surface area contributed by atoms with Crippen LogP contribution >= 0.6 is 11.3 Å². The maximum absolute atomic E-state index is 11.9. The van der Waals surface area contributed by atoms with Crippen LogP contribution in [0.1, 0.15) is 24.8 Å². The molecule has 1 heterocycles. The monoisotopic (exact) mass is 341 g/mol. The molecular formula is C15H19NO4S2. The summed E-state index contributed by atoms with van der Waals surface area (Å²) in [4.78, 5) is 4.21. The molecular weight excluding hydrogens is 322 g/mol. The van der Waals surface area contributed by atoms with Crippen LogP contribution < -0.4 is 4.74 Å². The van der Waals surface area contributed by atoms with E-state index in [9.17, 15) is 8.42 Å². The summed E-state index contributed by atoms with van der Waals surface area (Å²) >= 11 is 1.46. The normalized spacial score (nSPS) is 11.5. The largest absolute Gasteiger partial charge is 0.470 e. The Kier molecular flexibility index (Phi) is 6.35. The fourth-order valence-corrected chi connectivity index (χ4v) is 3.22. The number of hydrogen-bond acceptors (Lipinski definition) is 6. The maximum Gasteiger partial charge on any atom is 0.296 e. The van der Waals surface area contributed by atoms with Gasteiger partial charge in [-0.15, -0.1) is 0 Å². The van der Waals surface area contributed by atoms with Crippen molar-refractivity contribution in [3.05, 3.63) is 41.4 Å². The van der Waals surface area contributed by atoms with Crippen LogP contribution in [0.5, 0.6) is 5.19 Å². The number of nitrogens with zero attached hydrogens (tertiary/aromatic N) is 1. The van der Waals surface area contributed by atoms with Gasteiger partial charge in [-0.25, -0.2) is 4.98 Å². The van der Waals surface area contributed by atoms with Crippen LogP contribution in [0.25, 0.3) is 0 Å². The van der Waals surface area contributed by atoms with E-state index in [2.05, 4.69) is 4.98 Å². The minimum Gasteiger partial charge on any atom is -0.470 e. The van der Waals surface area contributed by atoms with Crippen LogP contribution in [0.4, 0.5) is 0 Å². The first-order valence-electron chi connectivity index (χ1n) is 7.06. The molecule has 2 rings (SSSR count). The maximum atomic E-state index is 11.9. The molecule has 1 aromatic carbocycles. The van der Waals surface area contributed by atoms with Crippen molar-refractivity contribution < 1.29 is 17.3 Å². The third-order valence-corrected chi connectivity index (χ3v) is 4.98. The molecule has 0 N–H and O–H groups in total. The van der Waals surface area contributed by atoms with Gasteiger partial charge in [0.25, 0.3) is 15.3 Å². The minimum absolute atomic E-state index is 0.188. The molecule has 2 aromatic rings. The Labute approximate surface area is 135 Å². The van der Waals surface area contributed by atoms with Gasteiger partial charge in [0.1, 0.15) is 0 Å². The number of ether oxygens (including phenoxy) is 1. The van der Waals surface area contributed by atoms with Gasteiger partial charge in [0.05, 0.1) is 18.1 Å². The third kappa shape index (κ3) is 5.40. The number of hydrogen-bond donors (Lipinski definition) is 0. The summed E-state index contributed by atoms with van der Waals surface area (Å²) in [6, 6.07) is 6.64. The predicted octanol–water partition coefficient (Wildman–Crippen LogP) is 3.41. The summed E-state index contributed by atoms with van der Waals surface area (Å²) in [6.07, 6.45) is 4.05. The van der Waals surface area contributed by atoms with Crippen LogP contribution in [0.15, 0.2) is 40.7 Å². The lowest BCUT2D eigenvalue weighted by Crippen LogP contribution is -2.08. The number of thiazole rings is 1. The molecule has 0 unspecified atom stereocenters. The summed E-state index contributed by atoms with van der Waals surface area (Å²) in [7, 11) is -3.64. The van der Waals surface area contributed by atoms with E-state index in [0.717, 1.165) is 18.4 Å². The molecule has 1 aromatic heterocycles. The highest BCUT2D eigenvalue weighted by atomic mass is 32.2. The average Bonchev–Trinajstić information content (AvgIpc) is 3.00. The lowest BCUT2D eigenvalue weighted by Gasteiger charge is -2.06. The molecule has 0 aliphatic heterocycles. The molecule has 0 spiro atoms. The molecule has 0 amide bonds. The summed E-state index contributed by atoms with van der Waals surface area (Å²) in [5, 5.41) is 2.53. The van der Waals surface area contributed by atoms with E-state index < -0.39 is 10.1 Å². The molecule has 0 saturated carbocycles. The predicted molar refractivity (Wildman–Crippen MR) is 85.8 cm³/mol. The molecule has 0 fully saturated rings. The number of aromatic nitrogens is 1. The molecule has 0 radical (unpaired) electrons. The van der Waals surface area contributed by atoms with E-state index in [1.165, 1.54) is 11.3 Å². The minimum atomic E-state index is -3.64. The van der Waals surface area contributed by atoms with E-state index in [-0.39, 0.29) is 11.5 Å². The first-order chi connectivity index (χ1) is 10.6. The quantitative estimate of drug-likeness (QED) is 0.516. The fourth-order valence-electron chi connectivity index (χ4n) is 1.76. The Hall–Kier alpha value is -1.44. The van der Waals surface area contributed by atoms with Crippen molar-refractivity contribution >= 4 is 21.5 Å². The second-order valence-electron chi connectivity index (χ2n) is 4.80. The lowest BCUT2D eigenvalue weighted by atomic mass is 10.2. The zero-order valence-electron chi connectivity index (χ0n) is 12.4. The lowest BCUT2D eigenvalue weighted by molar-refractivity contribution is 0.281. The second-order valence-corrected chi connectivity index (χ2v) is 7.27. The van der Waals surface area contributed by atoms with Gasteiger partial charge in [0.2, 0.25) is 0 Å². The van der Waals surface area contributed by atoms with E-state index >= 15 is 0 Å². The van der Waals surface area contributed by atoms with Crippen molar-refractivity contribution in [2.45, 2.75) is 31.1 Å². The number of aryl methyl sites for hydroxylation is 1. The Morgan fingerprint density at radius 3 is 2.50 bits per heavy atom. The summed E-state index contributed by atoms with van der Waals surface area (Å²) in [6.45, 7) is 2.68. The van der Waals surface area contributed by atoms with Gasteiger partial charge in [-0.1, -0.05) is 29.0 Å². The van der Waals surface area contributed by atoms with Gasteiger partial charge >= 0.3 is 0 Å². The van der Waals surface area contributed by atoms with Crippen LogP contribution in [0.2, 0.25) is 0 Å². The molecule has 120 valence electrons. The zero-order chi connectivity index (χ0) is 15.8. The van der Waals surface area contributed by atoms with Crippen LogP contribution in [-0.2, 0) is 14.3 Å². The average molecular weight is 341 g/mol. The van der Waals surface area contributed by atoms with Gasteiger partial charge in [-0.05, 0) is 38.3 Å². The zero-order valence-corrected chi connectivity index (χ0v) is 14.0. The molecule has 0 atom stereocenters. The van der Waals surface area contributed by atoms with Crippen LogP contribution in [0, 0.1) is 6.92 Å². The molecule has 0 aliphatic rings. The van der Waals surface area contributed by atoms with Crippen molar-refractivity contribution in [2.75, 3.05) is 13.2 Å². The Bertz CT molecular complexity index is 651. The fraction of sp³-hybridized carbons (Fsp3) is 0.400. The van der Waals surface area contributed by atoms with Gasteiger partial charge < -0.3 is 4.74 Å². The Morgan fingerprint density at radius 2 is 1.82 bits per heavy atom. The van der Waals surface area contributed by atoms with E-state index in [1.807, 2.05) is 12.3 Å². The molecule has 0 aliphatic carbocycles. The highest BCUT2D eigenvalue weighted by Gasteiger charge is 2.14. The number of unbranched alkanes of at least 4 members (excludes halogenated alkanes) is 2. The standard InChI is InChI=1S/C15H19NO4S2/c1-13-5-7-14(8-6-13)22(17,18)20-11-4-2-3-10-19-15-16-9-12-21-15/h5-9,12H,2-4,10-11H2,1H3. The van der Waals surface area contributed by atoms with Crippen LogP contribution in [0.3, 0.4) is 0 Å². The van der Waals surface area contributed by atoms with Crippen molar-refractivity contribution in [1.29, 1.82) is 0 Å². The number of benzene rings is 1. The molecule has 7 heteroatoms. The third-order valence-electron chi connectivity index (χ3n) is 2.97. The van der Waals surface area contributed by atoms with Crippen LogP contribution in [-0.4, -0.2) is 26.6 Å². The molecule has 22 heavy (non-hydrogen) atoms. The first-order valence-corrected chi connectivity index (χ1v) is 9.35. The van der Waals surface area contributed by atoms with Gasteiger partial charge in [0, 0.05) is 11.6 Å². The molecule has 5 nitrogen and oxygen atoms in total. The first kappa shape index (κ1) is 16.9. The van der Waals surface area contributed by atoms with E-state index in [1.54, 1.807) is 30.5 Å². The van der Waals surface area contributed by atoms with Crippen molar-refractivity contribution in [3.8, 4) is 5.19 Å². The molecule has 0 saturated heterocycles. The smallest absolute Gasteiger partial charge is 0.296 e. The van der Waals surface area contributed by atoms with Gasteiger partial charge in [-0.2, -0.15) is 8.42 Å². The summed E-state index contributed by atoms with van der Waals surface area (Å²) in [5.41, 5.74) is 1.01. The summed E-state index contributed by atoms with van der Waals surface area (Å²) in [5.74, 6) is 0.